The van der Waals surface area contributed by atoms with Crippen LogP contribution in [0.2, 0.25) is 5.02 Å². The van der Waals surface area contributed by atoms with Gasteiger partial charge in [0.2, 0.25) is 5.91 Å². The van der Waals surface area contributed by atoms with Gasteiger partial charge in [-0.1, -0.05) is 28.5 Å². The number of alkyl halides is 3. The van der Waals surface area contributed by atoms with Gasteiger partial charge in [0.1, 0.15) is 5.76 Å². The van der Waals surface area contributed by atoms with Crippen molar-refractivity contribution in [1.29, 1.82) is 0 Å². The third-order valence-electron chi connectivity index (χ3n) is 3.29. The lowest BCUT2D eigenvalue weighted by atomic mass is 10.3. The number of aryl methyl sites for hydroxylation is 1. The Balaban J connectivity index is 1.83. The van der Waals surface area contributed by atoms with Gasteiger partial charge >= 0.3 is 6.18 Å². The monoisotopic (exact) mass is 405 g/mol. The number of hydrogen-bond donors (Lipinski definition) is 1. The Labute approximate surface area is 153 Å². The third kappa shape index (κ3) is 3.78. The summed E-state index contributed by atoms with van der Waals surface area (Å²) >= 11 is 6.79. The van der Waals surface area contributed by atoms with Crippen LogP contribution in [0.5, 0.6) is 0 Å². The number of thioether (sulfide) groups is 1. The van der Waals surface area contributed by atoms with E-state index in [0.717, 1.165) is 28.4 Å². The number of pyridine rings is 1. The Morgan fingerprint density at radius 3 is 2.73 bits per heavy atom. The fraction of sp³-hybridized carbons (Fsp3) is 0.286. The fourth-order valence-electron chi connectivity index (χ4n) is 2.03. The van der Waals surface area contributed by atoms with E-state index in [4.69, 9.17) is 16.1 Å². The van der Waals surface area contributed by atoms with E-state index in [9.17, 15) is 18.0 Å². The zero-order valence-electron chi connectivity index (χ0n) is 13.3. The maximum atomic E-state index is 13.0. The van der Waals surface area contributed by atoms with E-state index < -0.39 is 22.9 Å². The highest BCUT2D eigenvalue weighted by molar-refractivity contribution is 8.00. The predicted molar refractivity (Wildman–Crippen MR) is 88.2 cm³/mol. The van der Waals surface area contributed by atoms with Crippen LogP contribution in [0.4, 0.5) is 19.0 Å². The van der Waals surface area contributed by atoms with E-state index in [2.05, 4.69) is 20.7 Å². The molecule has 0 saturated carbocycles. The summed E-state index contributed by atoms with van der Waals surface area (Å²) in [5.74, 6) is 0.352. The highest BCUT2D eigenvalue weighted by Gasteiger charge is 2.32. The maximum Gasteiger partial charge on any atom is 0.417 e. The lowest BCUT2D eigenvalue weighted by Crippen LogP contribution is -2.22. The number of aromatic nitrogens is 4. The molecule has 0 saturated heterocycles. The predicted octanol–water partition coefficient (Wildman–Crippen LogP) is 3.82. The lowest BCUT2D eigenvalue weighted by molar-refractivity contribution is -0.137. The first-order valence-corrected chi connectivity index (χ1v) is 8.43. The maximum absolute atomic E-state index is 13.0. The largest absolute Gasteiger partial charge is 0.417 e. The average Bonchev–Trinajstić information content (AvgIpc) is 3.13. The molecule has 1 N–H and O–H groups in total. The molecule has 3 aromatic heterocycles. The molecule has 1 atom stereocenters. The molecule has 0 aliphatic rings. The van der Waals surface area contributed by atoms with Gasteiger partial charge in [0, 0.05) is 12.3 Å². The van der Waals surface area contributed by atoms with Crippen molar-refractivity contribution >= 4 is 40.7 Å². The lowest BCUT2D eigenvalue weighted by Gasteiger charge is -2.11. The third-order valence-corrected chi connectivity index (χ3v) is 4.62. The Hall–Kier alpha value is -2.27. The van der Waals surface area contributed by atoms with Crippen LogP contribution >= 0.6 is 23.4 Å². The van der Waals surface area contributed by atoms with E-state index in [1.165, 1.54) is 6.07 Å². The van der Waals surface area contributed by atoms with Gasteiger partial charge in [-0.15, -0.1) is 10.2 Å². The van der Waals surface area contributed by atoms with Crippen LogP contribution in [0.25, 0.3) is 5.65 Å². The van der Waals surface area contributed by atoms with Crippen LogP contribution < -0.4 is 5.32 Å². The van der Waals surface area contributed by atoms with Gasteiger partial charge in [-0.25, -0.2) is 0 Å². The van der Waals surface area contributed by atoms with Gasteiger partial charge in [0.15, 0.2) is 16.6 Å². The molecule has 7 nitrogen and oxygen atoms in total. The number of anilines is 1. The summed E-state index contributed by atoms with van der Waals surface area (Å²) in [7, 11) is 0. The van der Waals surface area contributed by atoms with Crippen LogP contribution in [0.3, 0.4) is 0 Å². The molecule has 0 unspecified atom stereocenters. The highest BCUT2D eigenvalue weighted by Crippen LogP contribution is 2.33. The van der Waals surface area contributed by atoms with Crippen molar-refractivity contribution in [2.24, 2.45) is 0 Å². The van der Waals surface area contributed by atoms with Crippen LogP contribution in [0.1, 0.15) is 18.2 Å². The second kappa shape index (κ2) is 6.80. The van der Waals surface area contributed by atoms with E-state index in [0.29, 0.717) is 5.76 Å². The molecule has 3 heterocycles. The van der Waals surface area contributed by atoms with Gasteiger partial charge in [-0.3, -0.25) is 9.20 Å². The van der Waals surface area contributed by atoms with Crippen LogP contribution in [-0.2, 0) is 11.0 Å². The molecule has 3 aromatic rings. The van der Waals surface area contributed by atoms with Crippen molar-refractivity contribution in [3.8, 4) is 0 Å². The van der Waals surface area contributed by atoms with Crippen molar-refractivity contribution < 1.29 is 22.5 Å². The summed E-state index contributed by atoms with van der Waals surface area (Å²) in [6.45, 7) is 3.24. The Kier molecular flexibility index (Phi) is 4.84. The SMILES string of the molecule is Cc1cc(NC(=O)[C@@H](C)Sc2nnc3c(Cl)cc(C(F)(F)F)cn23)no1. The topological polar surface area (TPSA) is 85.3 Å². The summed E-state index contributed by atoms with van der Waals surface area (Å²) < 4.78 is 44.9. The number of carbonyl (C=O) groups is 1. The highest BCUT2D eigenvalue weighted by atomic mass is 35.5. The van der Waals surface area contributed by atoms with Gasteiger partial charge < -0.3 is 9.84 Å². The van der Waals surface area contributed by atoms with Crippen LogP contribution in [0.15, 0.2) is 28.0 Å². The van der Waals surface area contributed by atoms with Crippen LogP contribution in [-0.4, -0.2) is 30.9 Å². The normalized spacial score (nSPS) is 13.2. The minimum absolute atomic E-state index is 0.0712. The zero-order valence-corrected chi connectivity index (χ0v) is 14.9. The first-order chi connectivity index (χ1) is 12.1. The number of amides is 1. The molecule has 26 heavy (non-hydrogen) atoms. The number of hydrogen-bond acceptors (Lipinski definition) is 6. The van der Waals surface area contributed by atoms with Crippen molar-refractivity contribution in [1.82, 2.24) is 19.8 Å². The molecule has 0 radical (unpaired) electrons. The number of carbonyl (C=O) groups excluding carboxylic acids is 1. The molecule has 1 amide bonds. The minimum Gasteiger partial charge on any atom is -0.360 e. The molecule has 0 aliphatic carbocycles. The quantitative estimate of drug-likeness (QED) is 0.664. The molecule has 12 heteroatoms. The summed E-state index contributed by atoms with van der Waals surface area (Å²) in [5, 5.41) is 13.0. The number of nitrogens with zero attached hydrogens (tertiary/aromatic N) is 4. The van der Waals surface area contributed by atoms with Crippen molar-refractivity contribution in [3.63, 3.8) is 0 Å². The molecule has 138 valence electrons. The molecular formula is C14H11ClF3N5O2S. The molecule has 0 bridgehead atoms. The average molecular weight is 406 g/mol. The zero-order chi connectivity index (χ0) is 19.1. The first kappa shape index (κ1) is 18.5. The van der Waals surface area contributed by atoms with E-state index in [-0.39, 0.29) is 21.6 Å². The smallest absolute Gasteiger partial charge is 0.360 e. The first-order valence-electron chi connectivity index (χ1n) is 7.17. The van der Waals surface area contributed by atoms with E-state index in [1.807, 2.05) is 0 Å². The van der Waals surface area contributed by atoms with Gasteiger partial charge in [-0.05, 0) is 19.9 Å². The van der Waals surface area contributed by atoms with Crippen molar-refractivity contribution in [2.45, 2.75) is 30.4 Å². The van der Waals surface area contributed by atoms with Gasteiger partial charge in [0.25, 0.3) is 0 Å². The fourth-order valence-corrected chi connectivity index (χ4v) is 3.10. The van der Waals surface area contributed by atoms with Gasteiger partial charge in [0.05, 0.1) is 15.8 Å². The van der Waals surface area contributed by atoms with Crippen molar-refractivity contribution in [3.05, 3.63) is 34.7 Å². The number of rotatable bonds is 4. The van der Waals surface area contributed by atoms with Crippen molar-refractivity contribution in [2.75, 3.05) is 5.32 Å². The number of halogens is 4. The van der Waals surface area contributed by atoms with Crippen LogP contribution in [0, 0.1) is 6.92 Å². The second-order valence-corrected chi connectivity index (χ2v) is 7.04. The molecular weight excluding hydrogens is 395 g/mol. The summed E-state index contributed by atoms with van der Waals surface area (Å²) in [6.07, 6.45) is -3.73. The molecule has 0 aliphatic heterocycles. The Morgan fingerprint density at radius 2 is 2.12 bits per heavy atom. The number of fused-ring (bicyclic) bond motifs is 1. The second-order valence-electron chi connectivity index (χ2n) is 5.32. The van der Waals surface area contributed by atoms with E-state index in [1.54, 1.807) is 13.8 Å². The molecule has 3 rings (SSSR count). The number of nitrogens with one attached hydrogen (secondary N) is 1. The summed E-state index contributed by atoms with van der Waals surface area (Å²) in [4.78, 5) is 12.2. The Bertz CT molecular complexity index is 971. The molecule has 0 fully saturated rings. The minimum atomic E-state index is -4.57. The Morgan fingerprint density at radius 1 is 1.38 bits per heavy atom. The molecule has 0 aromatic carbocycles. The van der Waals surface area contributed by atoms with E-state index >= 15 is 0 Å². The standard InChI is InChI=1S/C14H11ClF3N5O2S/c1-6-3-10(22-25-6)19-12(24)7(2)26-13-21-20-11-9(15)4-8(5-23(11)13)14(16,17)18/h3-5,7H,1-2H3,(H,19,22,24)/t7-/m1/s1. The molecule has 0 spiro atoms. The summed E-state index contributed by atoms with van der Waals surface area (Å²) in [5.41, 5.74) is -0.867. The van der Waals surface area contributed by atoms with Gasteiger partial charge in [-0.2, -0.15) is 13.2 Å². The summed E-state index contributed by atoms with van der Waals surface area (Å²) in [6, 6.07) is 2.32.